The van der Waals surface area contributed by atoms with Gasteiger partial charge in [0.1, 0.15) is 6.61 Å². The Morgan fingerprint density at radius 3 is 2.29 bits per heavy atom. The Kier molecular flexibility index (Phi) is 6.55. The van der Waals surface area contributed by atoms with Crippen molar-refractivity contribution in [2.45, 2.75) is 43.7 Å². The molecule has 2 aromatic rings. The summed E-state index contributed by atoms with van der Waals surface area (Å²) in [5.41, 5.74) is 6.92. The zero-order chi connectivity index (χ0) is 24.4. The number of alkyl carbamates (subject to hydrolysis) is 1. The normalized spacial score (nSPS) is 21.5. The summed E-state index contributed by atoms with van der Waals surface area (Å²) < 4.78 is 5.60. The Labute approximate surface area is 203 Å². The van der Waals surface area contributed by atoms with Crippen LogP contribution in [0, 0.1) is 11.8 Å². The van der Waals surface area contributed by atoms with Gasteiger partial charge in [0, 0.05) is 11.8 Å². The monoisotopic (exact) mass is 476 g/mol. The maximum absolute atomic E-state index is 12.6. The number of amides is 2. The van der Waals surface area contributed by atoms with Gasteiger partial charge in [0.05, 0.1) is 6.04 Å². The number of ether oxygens (including phenoxy) is 1. The average molecular weight is 477 g/mol. The molecule has 8 nitrogen and oxygen atoms in total. The van der Waals surface area contributed by atoms with Crippen molar-refractivity contribution < 1.29 is 29.1 Å². The van der Waals surface area contributed by atoms with Crippen LogP contribution in [0.5, 0.6) is 0 Å². The van der Waals surface area contributed by atoms with Crippen LogP contribution < -0.4 is 10.8 Å². The Balaban J connectivity index is 1.13. The van der Waals surface area contributed by atoms with Gasteiger partial charge in [0.2, 0.25) is 5.91 Å². The molecular formula is C27H28N2O6. The molecule has 2 amide bonds. The van der Waals surface area contributed by atoms with Crippen LogP contribution in [0.25, 0.3) is 11.1 Å². The molecule has 3 atom stereocenters. The molecule has 2 aromatic carbocycles. The summed E-state index contributed by atoms with van der Waals surface area (Å²) >= 11 is 0. The topological polar surface area (TPSA) is 114 Å². The van der Waals surface area contributed by atoms with Crippen LogP contribution in [-0.4, -0.2) is 41.8 Å². The molecule has 3 N–H and O–H groups in total. The lowest BCUT2D eigenvalue weighted by Gasteiger charge is -2.25. The van der Waals surface area contributed by atoms with Crippen LogP contribution >= 0.6 is 0 Å². The molecule has 1 saturated carbocycles. The van der Waals surface area contributed by atoms with Crippen molar-refractivity contribution in [1.82, 2.24) is 10.8 Å². The number of benzene rings is 2. The predicted octanol–water partition coefficient (Wildman–Crippen LogP) is 3.77. The van der Waals surface area contributed by atoms with Crippen LogP contribution in [0.15, 0.2) is 60.7 Å². The van der Waals surface area contributed by atoms with Crippen molar-refractivity contribution in [3.8, 4) is 11.1 Å². The van der Waals surface area contributed by atoms with Crippen molar-refractivity contribution >= 4 is 18.0 Å². The smallest absolute Gasteiger partial charge is 0.407 e. The third-order valence-electron chi connectivity index (χ3n) is 6.93. The lowest BCUT2D eigenvalue weighted by molar-refractivity contribution is -0.164. The first-order chi connectivity index (χ1) is 17.0. The fraction of sp³-hybridized carbons (Fsp3) is 0.370. The minimum atomic E-state index is -1.08. The first-order valence-electron chi connectivity index (χ1n) is 12.0. The number of fused-ring (bicyclic) bond motifs is 3. The fourth-order valence-corrected chi connectivity index (χ4v) is 4.95. The number of hydroxylamine groups is 1. The van der Waals surface area contributed by atoms with Crippen molar-refractivity contribution in [1.29, 1.82) is 0 Å². The third-order valence-corrected chi connectivity index (χ3v) is 6.93. The summed E-state index contributed by atoms with van der Waals surface area (Å²) in [4.78, 5) is 41.6. The number of rotatable bonds is 8. The first kappa shape index (κ1) is 23.1. The lowest BCUT2D eigenvalue weighted by atomic mass is 9.90. The summed E-state index contributed by atoms with van der Waals surface area (Å²) in [6.45, 7) is 0.214. The SMILES string of the molecule is O=C(N[C@@H]1C=CC[C@@H](C(=O)NOC(C(=O)O)C2CC2)C1)OCC1c2ccccc2-c2ccccc21. The number of hydrogen-bond acceptors (Lipinski definition) is 5. The summed E-state index contributed by atoms with van der Waals surface area (Å²) in [6.07, 6.45) is 4.53. The summed E-state index contributed by atoms with van der Waals surface area (Å²) in [6, 6.07) is 15.9. The maximum atomic E-state index is 12.6. The summed E-state index contributed by atoms with van der Waals surface area (Å²) in [5.74, 6) is -1.99. The average Bonchev–Trinajstić information content (AvgIpc) is 3.65. The van der Waals surface area contributed by atoms with Gasteiger partial charge in [-0.15, -0.1) is 0 Å². The van der Waals surface area contributed by atoms with Gasteiger partial charge in [-0.3, -0.25) is 9.63 Å². The lowest BCUT2D eigenvalue weighted by Crippen LogP contribution is -2.43. The van der Waals surface area contributed by atoms with Gasteiger partial charge in [-0.2, -0.15) is 0 Å². The Bertz CT molecular complexity index is 1110. The number of carboxylic acid groups (broad SMARTS) is 1. The van der Waals surface area contributed by atoms with E-state index < -0.39 is 24.1 Å². The molecule has 5 rings (SSSR count). The highest BCUT2D eigenvalue weighted by molar-refractivity contribution is 5.80. The second-order valence-electron chi connectivity index (χ2n) is 9.35. The molecular weight excluding hydrogens is 448 g/mol. The van der Waals surface area contributed by atoms with Crippen molar-refractivity contribution in [3.05, 3.63) is 71.8 Å². The van der Waals surface area contributed by atoms with Gasteiger partial charge < -0.3 is 15.2 Å². The Morgan fingerprint density at radius 2 is 1.66 bits per heavy atom. The Morgan fingerprint density at radius 1 is 1.00 bits per heavy atom. The molecule has 182 valence electrons. The highest BCUT2D eigenvalue weighted by Gasteiger charge is 2.38. The zero-order valence-corrected chi connectivity index (χ0v) is 19.2. The molecule has 1 fully saturated rings. The summed E-state index contributed by atoms with van der Waals surface area (Å²) in [5, 5.41) is 12.1. The Hall–Kier alpha value is -3.65. The van der Waals surface area contributed by atoms with E-state index in [0.29, 0.717) is 12.8 Å². The molecule has 0 bridgehead atoms. The van der Waals surface area contributed by atoms with Crippen molar-refractivity contribution in [2.75, 3.05) is 6.61 Å². The third kappa shape index (κ3) is 5.07. The highest BCUT2D eigenvalue weighted by atomic mass is 16.7. The molecule has 0 aromatic heterocycles. The maximum Gasteiger partial charge on any atom is 0.407 e. The molecule has 0 aliphatic heterocycles. The van der Waals surface area contributed by atoms with E-state index in [2.05, 4.69) is 35.1 Å². The van der Waals surface area contributed by atoms with Crippen molar-refractivity contribution in [2.24, 2.45) is 11.8 Å². The number of carbonyl (C=O) groups excluding carboxylic acids is 2. The molecule has 0 spiro atoms. The minimum Gasteiger partial charge on any atom is -0.479 e. The number of allylic oxidation sites excluding steroid dienone is 1. The van der Waals surface area contributed by atoms with Gasteiger partial charge in [0.25, 0.3) is 0 Å². The first-order valence-corrected chi connectivity index (χ1v) is 12.0. The van der Waals surface area contributed by atoms with Crippen LogP contribution in [0.2, 0.25) is 0 Å². The molecule has 0 radical (unpaired) electrons. The van der Waals surface area contributed by atoms with Crippen LogP contribution in [0.1, 0.15) is 42.7 Å². The van der Waals surface area contributed by atoms with Gasteiger partial charge in [-0.25, -0.2) is 15.1 Å². The highest BCUT2D eigenvalue weighted by Crippen LogP contribution is 2.44. The fourth-order valence-electron chi connectivity index (χ4n) is 4.95. The van der Waals surface area contributed by atoms with E-state index in [9.17, 15) is 19.5 Å². The number of hydrogen-bond donors (Lipinski definition) is 3. The molecule has 3 aliphatic rings. The van der Waals surface area contributed by atoms with E-state index in [1.807, 2.05) is 36.4 Å². The van der Waals surface area contributed by atoms with E-state index in [0.717, 1.165) is 35.1 Å². The largest absolute Gasteiger partial charge is 0.479 e. The quantitative estimate of drug-likeness (QED) is 0.395. The van der Waals surface area contributed by atoms with Gasteiger partial charge in [-0.05, 0) is 53.9 Å². The zero-order valence-electron chi connectivity index (χ0n) is 19.2. The van der Waals surface area contributed by atoms with Crippen molar-refractivity contribution in [3.63, 3.8) is 0 Å². The number of aliphatic carboxylic acids is 1. The van der Waals surface area contributed by atoms with Crippen LogP contribution in [0.4, 0.5) is 4.79 Å². The molecule has 1 unspecified atom stereocenters. The number of carboxylic acids is 1. The van der Waals surface area contributed by atoms with E-state index >= 15 is 0 Å². The standard InChI is InChI=1S/C27H28N2O6/c30-25(29-35-24(26(31)32)16-12-13-16)17-6-5-7-18(14-17)28-27(33)34-15-23-21-10-3-1-8-19(21)20-9-2-4-11-22(20)23/h1-5,7-11,16-18,23-24H,6,12-15H2,(H,28,33)(H,29,30)(H,31,32)/t17-,18-,24?/m1/s1. The summed E-state index contributed by atoms with van der Waals surface area (Å²) in [7, 11) is 0. The van der Waals surface area contributed by atoms with Gasteiger partial charge >= 0.3 is 12.1 Å². The van der Waals surface area contributed by atoms with E-state index in [1.54, 1.807) is 0 Å². The molecule has 0 saturated heterocycles. The molecule has 8 heteroatoms. The molecule has 35 heavy (non-hydrogen) atoms. The van der Waals surface area contributed by atoms with E-state index in [1.165, 1.54) is 0 Å². The van der Waals surface area contributed by atoms with Gasteiger partial charge in [0.15, 0.2) is 6.10 Å². The molecule has 0 heterocycles. The second-order valence-corrected chi connectivity index (χ2v) is 9.35. The molecule has 3 aliphatic carbocycles. The van der Waals surface area contributed by atoms with Crippen LogP contribution in [-0.2, 0) is 19.2 Å². The minimum absolute atomic E-state index is 0.0284. The van der Waals surface area contributed by atoms with Gasteiger partial charge in [-0.1, -0.05) is 60.7 Å². The number of carbonyl (C=O) groups is 3. The van der Waals surface area contributed by atoms with Crippen LogP contribution in [0.3, 0.4) is 0 Å². The second kappa shape index (κ2) is 9.92. The van der Waals surface area contributed by atoms with E-state index in [-0.39, 0.29) is 30.4 Å². The predicted molar refractivity (Wildman–Crippen MR) is 127 cm³/mol. The number of nitrogens with one attached hydrogen (secondary N) is 2. The van der Waals surface area contributed by atoms with E-state index in [4.69, 9.17) is 9.57 Å².